The SMILES string of the molecule is CCOc1ccccc1C(=O)c1sccc1Br. The second-order valence-electron chi connectivity index (χ2n) is 3.36. The summed E-state index contributed by atoms with van der Waals surface area (Å²) < 4.78 is 6.30. The quantitative estimate of drug-likeness (QED) is 0.793. The monoisotopic (exact) mass is 310 g/mol. The standard InChI is InChI=1S/C13H11BrO2S/c1-2-16-11-6-4-3-5-9(11)12(15)13-10(14)7-8-17-13/h3-8H,2H2,1H3. The maximum atomic E-state index is 12.3. The average Bonchev–Trinajstić information content (AvgIpc) is 2.76. The Hall–Kier alpha value is -1.13. The fourth-order valence-electron chi connectivity index (χ4n) is 1.51. The van der Waals surface area contributed by atoms with Crippen molar-refractivity contribution < 1.29 is 9.53 Å². The van der Waals surface area contributed by atoms with Gasteiger partial charge < -0.3 is 4.74 Å². The fraction of sp³-hybridized carbons (Fsp3) is 0.154. The Balaban J connectivity index is 2.40. The molecule has 88 valence electrons. The van der Waals surface area contributed by atoms with E-state index >= 15 is 0 Å². The molecule has 0 amide bonds. The van der Waals surface area contributed by atoms with Crippen molar-refractivity contribution in [1.82, 2.24) is 0 Å². The minimum atomic E-state index is -0.00377. The van der Waals surface area contributed by atoms with Gasteiger partial charge in [-0.3, -0.25) is 4.79 Å². The summed E-state index contributed by atoms with van der Waals surface area (Å²) in [5.41, 5.74) is 0.609. The summed E-state index contributed by atoms with van der Waals surface area (Å²) in [6.07, 6.45) is 0. The summed E-state index contributed by atoms with van der Waals surface area (Å²) in [4.78, 5) is 13.0. The Kier molecular flexibility index (Phi) is 3.97. The molecule has 1 aromatic carbocycles. The highest BCUT2D eigenvalue weighted by molar-refractivity contribution is 9.10. The molecule has 0 saturated heterocycles. The molecule has 0 aliphatic rings. The molecule has 0 spiro atoms. The van der Waals surface area contributed by atoms with Gasteiger partial charge >= 0.3 is 0 Å². The third-order valence-corrected chi connectivity index (χ3v) is 4.09. The molecule has 1 heterocycles. The fourth-order valence-corrected chi connectivity index (χ4v) is 3.02. The molecule has 1 aromatic heterocycles. The summed E-state index contributed by atoms with van der Waals surface area (Å²) in [6, 6.07) is 9.20. The minimum Gasteiger partial charge on any atom is -0.493 e. The van der Waals surface area contributed by atoms with Crippen molar-refractivity contribution in [3.05, 3.63) is 50.6 Å². The van der Waals surface area contributed by atoms with Crippen LogP contribution >= 0.6 is 27.3 Å². The summed E-state index contributed by atoms with van der Waals surface area (Å²) in [5, 5.41) is 1.89. The van der Waals surface area contributed by atoms with E-state index in [2.05, 4.69) is 15.9 Å². The first-order valence-electron chi connectivity index (χ1n) is 5.23. The van der Waals surface area contributed by atoms with E-state index in [9.17, 15) is 4.79 Å². The van der Waals surface area contributed by atoms with Crippen LogP contribution in [0.25, 0.3) is 0 Å². The molecule has 2 nitrogen and oxygen atoms in total. The number of rotatable bonds is 4. The van der Waals surface area contributed by atoms with Crippen LogP contribution in [-0.2, 0) is 0 Å². The average molecular weight is 311 g/mol. The predicted octanol–water partition coefficient (Wildman–Crippen LogP) is 4.14. The first-order valence-corrected chi connectivity index (χ1v) is 6.90. The number of thiophene rings is 1. The Morgan fingerprint density at radius 3 is 2.76 bits per heavy atom. The normalized spacial score (nSPS) is 10.2. The van der Waals surface area contributed by atoms with Crippen LogP contribution in [0, 0.1) is 0 Å². The van der Waals surface area contributed by atoms with Crippen molar-refractivity contribution in [2.75, 3.05) is 6.61 Å². The van der Waals surface area contributed by atoms with Crippen LogP contribution in [0.3, 0.4) is 0 Å². The van der Waals surface area contributed by atoms with Crippen LogP contribution in [0.15, 0.2) is 40.2 Å². The maximum Gasteiger partial charge on any atom is 0.207 e. The molecule has 0 bridgehead atoms. The zero-order valence-electron chi connectivity index (χ0n) is 9.27. The summed E-state index contributed by atoms with van der Waals surface area (Å²) in [7, 11) is 0. The lowest BCUT2D eigenvalue weighted by Crippen LogP contribution is -2.04. The number of hydrogen-bond donors (Lipinski definition) is 0. The number of halogens is 1. The smallest absolute Gasteiger partial charge is 0.207 e. The molecule has 4 heteroatoms. The van der Waals surface area contributed by atoms with E-state index in [4.69, 9.17) is 4.74 Å². The number of hydrogen-bond acceptors (Lipinski definition) is 3. The van der Waals surface area contributed by atoms with Crippen molar-refractivity contribution in [1.29, 1.82) is 0 Å². The van der Waals surface area contributed by atoms with Crippen LogP contribution in [0.2, 0.25) is 0 Å². The summed E-state index contributed by atoms with van der Waals surface area (Å²) >= 11 is 4.80. The largest absolute Gasteiger partial charge is 0.493 e. The van der Waals surface area contributed by atoms with Crippen LogP contribution in [0.4, 0.5) is 0 Å². The second kappa shape index (κ2) is 5.47. The summed E-state index contributed by atoms with van der Waals surface area (Å²) in [5.74, 6) is 0.635. The molecule has 0 radical (unpaired) electrons. The van der Waals surface area contributed by atoms with Gasteiger partial charge in [0.1, 0.15) is 5.75 Å². The molecule has 2 rings (SSSR count). The molecule has 2 aromatic rings. The molecule has 0 atom stereocenters. The summed E-state index contributed by atoms with van der Waals surface area (Å²) in [6.45, 7) is 2.46. The van der Waals surface area contributed by atoms with Gasteiger partial charge in [0.25, 0.3) is 0 Å². The number of para-hydroxylation sites is 1. The van der Waals surface area contributed by atoms with E-state index in [1.807, 2.05) is 36.6 Å². The zero-order valence-corrected chi connectivity index (χ0v) is 11.7. The molecule has 0 aliphatic carbocycles. The first-order chi connectivity index (χ1) is 8.24. The van der Waals surface area contributed by atoms with E-state index in [-0.39, 0.29) is 5.78 Å². The van der Waals surface area contributed by atoms with Crippen molar-refractivity contribution >= 4 is 33.0 Å². The number of ether oxygens (including phenoxy) is 1. The number of benzene rings is 1. The van der Waals surface area contributed by atoms with Crippen molar-refractivity contribution in [3.63, 3.8) is 0 Å². The van der Waals surface area contributed by atoms with Gasteiger partial charge in [0.15, 0.2) is 0 Å². The Labute approximate surface area is 112 Å². The van der Waals surface area contributed by atoms with Crippen LogP contribution in [-0.4, -0.2) is 12.4 Å². The van der Waals surface area contributed by atoms with Crippen molar-refractivity contribution in [2.45, 2.75) is 6.92 Å². The zero-order chi connectivity index (χ0) is 12.3. The van der Waals surface area contributed by atoms with Gasteiger partial charge in [-0.05, 0) is 46.4 Å². The number of carbonyl (C=O) groups excluding carboxylic acids is 1. The third kappa shape index (κ3) is 2.58. The van der Waals surface area contributed by atoms with Gasteiger partial charge in [-0.1, -0.05) is 12.1 Å². The van der Waals surface area contributed by atoms with Gasteiger partial charge in [-0.15, -0.1) is 11.3 Å². The third-order valence-electron chi connectivity index (χ3n) is 2.25. The molecular weight excluding hydrogens is 300 g/mol. The van der Waals surface area contributed by atoms with Crippen LogP contribution < -0.4 is 4.74 Å². The molecule has 0 N–H and O–H groups in total. The van der Waals surface area contributed by atoms with Crippen molar-refractivity contribution in [3.8, 4) is 5.75 Å². The molecular formula is C13H11BrO2S. The van der Waals surface area contributed by atoms with Gasteiger partial charge in [-0.25, -0.2) is 0 Å². The van der Waals surface area contributed by atoms with Gasteiger partial charge in [0, 0.05) is 4.47 Å². The second-order valence-corrected chi connectivity index (χ2v) is 5.13. The van der Waals surface area contributed by atoms with E-state index < -0.39 is 0 Å². The van der Waals surface area contributed by atoms with E-state index in [0.717, 1.165) is 4.47 Å². The van der Waals surface area contributed by atoms with Crippen molar-refractivity contribution in [2.24, 2.45) is 0 Å². The van der Waals surface area contributed by atoms with Gasteiger partial charge in [0.05, 0.1) is 17.0 Å². The number of carbonyl (C=O) groups is 1. The minimum absolute atomic E-state index is 0.00377. The van der Waals surface area contributed by atoms with E-state index in [1.54, 1.807) is 6.07 Å². The van der Waals surface area contributed by atoms with E-state index in [1.165, 1.54) is 11.3 Å². The number of ketones is 1. The molecule has 0 unspecified atom stereocenters. The lowest BCUT2D eigenvalue weighted by atomic mass is 10.1. The molecule has 0 aliphatic heterocycles. The lowest BCUT2D eigenvalue weighted by Gasteiger charge is -2.08. The molecule has 0 saturated carbocycles. The van der Waals surface area contributed by atoms with Crippen LogP contribution in [0.1, 0.15) is 22.2 Å². The van der Waals surface area contributed by atoms with Crippen LogP contribution in [0.5, 0.6) is 5.75 Å². The van der Waals surface area contributed by atoms with E-state index in [0.29, 0.717) is 22.8 Å². The molecule has 17 heavy (non-hydrogen) atoms. The highest BCUT2D eigenvalue weighted by Crippen LogP contribution is 2.29. The Morgan fingerprint density at radius 1 is 1.35 bits per heavy atom. The first kappa shape index (κ1) is 12.3. The Bertz CT molecular complexity index is 534. The Morgan fingerprint density at radius 2 is 2.12 bits per heavy atom. The highest BCUT2D eigenvalue weighted by Gasteiger charge is 2.17. The predicted molar refractivity (Wildman–Crippen MR) is 73.1 cm³/mol. The van der Waals surface area contributed by atoms with Gasteiger partial charge in [0.2, 0.25) is 5.78 Å². The lowest BCUT2D eigenvalue weighted by molar-refractivity contribution is 0.103. The highest BCUT2D eigenvalue weighted by atomic mass is 79.9. The maximum absolute atomic E-state index is 12.3. The molecule has 0 fully saturated rings. The van der Waals surface area contributed by atoms with Gasteiger partial charge in [-0.2, -0.15) is 0 Å². The topological polar surface area (TPSA) is 26.3 Å².